The van der Waals surface area contributed by atoms with Crippen LogP contribution in [0.2, 0.25) is 0 Å². The van der Waals surface area contributed by atoms with Gasteiger partial charge < -0.3 is 4.74 Å². The van der Waals surface area contributed by atoms with Gasteiger partial charge in [0, 0.05) is 16.1 Å². The number of amides is 2. The van der Waals surface area contributed by atoms with Crippen molar-refractivity contribution >= 4 is 34.2 Å². The SMILES string of the molecule is CCCC1CCc2nc(NC(=O)c3ccc(N4CCOC4=O)cc3)sc2C1. The van der Waals surface area contributed by atoms with E-state index in [2.05, 4.69) is 17.2 Å². The highest BCUT2D eigenvalue weighted by atomic mass is 32.1. The quantitative estimate of drug-likeness (QED) is 0.835. The van der Waals surface area contributed by atoms with E-state index in [1.807, 2.05) is 0 Å². The highest BCUT2D eigenvalue weighted by Gasteiger charge is 2.24. The average Bonchev–Trinajstić information content (AvgIpc) is 3.27. The lowest BCUT2D eigenvalue weighted by molar-refractivity contribution is 0.102. The molecule has 0 saturated carbocycles. The number of ether oxygens (including phenoxy) is 1. The highest BCUT2D eigenvalue weighted by Crippen LogP contribution is 2.34. The maximum Gasteiger partial charge on any atom is 0.414 e. The third-order valence-electron chi connectivity index (χ3n) is 5.16. The lowest BCUT2D eigenvalue weighted by atomic mass is 9.88. The number of carbonyl (C=O) groups is 2. The van der Waals surface area contributed by atoms with Crippen molar-refractivity contribution in [3.05, 3.63) is 40.4 Å². The molecule has 0 radical (unpaired) electrons. The summed E-state index contributed by atoms with van der Waals surface area (Å²) in [5.41, 5.74) is 2.43. The molecule has 142 valence electrons. The van der Waals surface area contributed by atoms with E-state index in [1.165, 1.54) is 24.1 Å². The summed E-state index contributed by atoms with van der Waals surface area (Å²) < 4.78 is 4.94. The second-order valence-corrected chi connectivity index (χ2v) is 8.14. The molecule has 7 heteroatoms. The van der Waals surface area contributed by atoms with Crippen LogP contribution in [0, 0.1) is 5.92 Å². The number of carbonyl (C=O) groups excluding carboxylic acids is 2. The zero-order valence-corrected chi connectivity index (χ0v) is 16.2. The van der Waals surface area contributed by atoms with Crippen molar-refractivity contribution in [3.8, 4) is 0 Å². The molecule has 1 aromatic heterocycles. The first-order valence-corrected chi connectivity index (χ1v) is 10.3. The first kappa shape index (κ1) is 18.0. The van der Waals surface area contributed by atoms with Crippen LogP contribution >= 0.6 is 11.3 Å². The molecule has 4 rings (SSSR count). The molecular formula is C20H23N3O3S. The van der Waals surface area contributed by atoms with E-state index in [-0.39, 0.29) is 12.0 Å². The molecule has 0 spiro atoms. The largest absolute Gasteiger partial charge is 0.447 e. The number of aryl methyl sites for hydroxylation is 1. The predicted octanol–water partition coefficient (Wildman–Crippen LogP) is 4.26. The maximum atomic E-state index is 12.5. The topological polar surface area (TPSA) is 71.5 Å². The third-order valence-corrected chi connectivity index (χ3v) is 6.20. The van der Waals surface area contributed by atoms with Crippen LogP contribution < -0.4 is 10.2 Å². The Labute approximate surface area is 162 Å². The minimum atomic E-state index is -0.345. The van der Waals surface area contributed by atoms with Crippen molar-refractivity contribution in [2.75, 3.05) is 23.4 Å². The van der Waals surface area contributed by atoms with E-state index in [0.717, 1.165) is 30.1 Å². The van der Waals surface area contributed by atoms with Gasteiger partial charge in [-0.15, -0.1) is 11.3 Å². The molecule has 1 atom stereocenters. The Kier molecular flexibility index (Phi) is 5.11. The summed E-state index contributed by atoms with van der Waals surface area (Å²) in [4.78, 5) is 31.6. The smallest absolute Gasteiger partial charge is 0.414 e. The Hall–Kier alpha value is -2.41. The zero-order chi connectivity index (χ0) is 18.8. The number of anilines is 2. The van der Waals surface area contributed by atoms with Gasteiger partial charge >= 0.3 is 6.09 Å². The number of hydrogen-bond acceptors (Lipinski definition) is 5. The number of nitrogens with one attached hydrogen (secondary N) is 1. The van der Waals surface area contributed by atoms with Crippen LogP contribution in [0.15, 0.2) is 24.3 Å². The first-order chi connectivity index (χ1) is 13.1. The van der Waals surface area contributed by atoms with Gasteiger partial charge in [-0.05, 0) is 49.4 Å². The van der Waals surface area contributed by atoms with Crippen molar-refractivity contribution in [1.29, 1.82) is 0 Å². The average molecular weight is 385 g/mol. The van der Waals surface area contributed by atoms with Gasteiger partial charge in [0.15, 0.2) is 5.13 Å². The summed E-state index contributed by atoms with van der Waals surface area (Å²) >= 11 is 1.60. The van der Waals surface area contributed by atoms with E-state index < -0.39 is 0 Å². The molecule has 2 amide bonds. The van der Waals surface area contributed by atoms with E-state index in [0.29, 0.717) is 23.8 Å². The summed E-state index contributed by atoms with van der Waals surface area (Å²) in [6.07, 6.45) is 5.41. The fourth-order valence-electron chi connectivity index (χ4n) is 3.74. The van der Waals surface area contributed by atoms with Gasteiger partial charge in [-0.3, -0.25) is 15.0 Å². The van der Waals surface area contributed by atoms with Crippen LogP contribution in [0.5, 0.6) is 0 Å². The molecule has 27 heavy (non-hydrogen) atoms. The van der Waals surface area contributed by atoms with Gasteiger partial charge in [0.1, 0.15) is 6.61 Å². The molecule has 2 aromatic rings. The molecule has 1 aliphatic heterocycles. The van der Waals surface area contributed by atoms with Crippen LogP contribution in [-0.4, -0.2) is 30.1 Å². The molecule has 1 N–H and O–H groups in total. The molecule has 0 bridgehead atoms. The van der Waals surface area contributed by atoms with Gasteiger partial charge in [0.25, 0.3) is 5.91 Å². The second kappa shape index (κ2) is 7.68. The summed E-state index contributed by atoms with van der Waals surface area (Å²) in [5, 5.41) is 3.60. The van der Waals surface area contributed by atoms with Crippen LogP contribution in [0.25, 0.3) is 0 Å². The lowest BCUT2D eigenvalue weighted by Crippen LogP contribution is -2.23. The van der Waals surface area contributed by atoms with Crippen LogP contribution in [0.1, 0.15) is 47.1 Å². The molecule has 1 unspecified atom stereocenters. The maximum absolute atomic E-state index is 12.5. The van der Waals surface area contributed by atoms with E-state index in [1.54, 1.807) is 40.5 Å². The van der Waals surface area contributed by atoms with Crippen LogP contribution in [-0.2, 0) is 17.6 Å². The molecule has 1 fully saturated rings. The monoisotopic (exact) mass is 385 g/mol. The minimum Gasteiger partial charge on any atom is -0.447 e. The summed E-state index contributed by atoms with van der Waals surface area (Å²) in [5.74, 6) is 0.568. The van der Waals surface area contributed by atoms with Gasteiger partial charge in [0.2, 0.25) is 0 Å². The van der Waals surface area contributed by atoms with E-state index >= 15 is 0 Å². The van der Waals surface area contributed by atoms with Crippen molar-refractivity contribution in [2.45, 2.75) is 39.0 Å². The number of hydrogen-bond donors (Lipinski definition) is 1. The Bertz CT molecular complexity index is 847. The Morgan fingerprint density at radius 3 is 2.89 bits per heavy atom. The van der Waals surface area contributed by atoms with Crippen molar-refractivity contribution in [2.24, 2.45) is 5.92 Å². The van der Waals surface area contributed by atoms with Crippen molar-refractivity contribution in [3.63, 3.8) is 0 Å². The van der Waals surface area contributed by atoms with Crippen LogP contribution in [0.3, 0.4) is 0 Å². The summed E-state index contributed by atoms with van der Waals surface area (Å²) in [6, 6.07) is 6.98. The van der Waals surface area contributed by atoms with E-state index in [9.17, 15) is 9.59 Å². The van der Waals surface area contributed by atoms with Crippen molar-refractivity contribution in [1.82, 2.24) is 4.98 Å². The van der Waals surface area contributed by atoms with E-state index in [4.69, 9.17) is 4.74 Å². The Morgan fingerprint density at radius 2 is 2.19 bits per heavy atom. The number of nitrogens with zero attached hydrogens (tertiary/aromatic N) is 2. The second-order valence-electron chi connectivity index (χ2n) is 7.05. The molecular weight excluding hydrogens is 362 g/mol. The van der Waals surface area contributed by atoms with Crippen molar-refractivity contribution < 1.29 is 14.3 Å². The number of benzene rings is 1. The molecule has 2 aliphatic rings. The normalized spacial score (nSPS) is 18.9. The highest BCUT2D eigenvalue weighted by molar-refractivity contribution is 7.15. The predicted molar refractivity (Wildman–Crippen MR) is 106 cm³/mol. The summed E-state index contributed by atoms with van der Waals surface area (Å²) in [6.45, 7) is 3.16. The minimum absolute atomic E-state index is 0.179. The van der Waals surface area contributed by atoms with Gasteiger partial charge in [-0.2, -0.15) is 0 Å². The van der Waals surface area contributed by atoms with Gasteiger partial charge in [-0.25, -0.2) is 9.78 Å². The number of fused-ring (bicyclic) bond motifs is 1. The standard InChI is InChI=1S/C20H23N3O3S/c1-2-3-13-4-9-16-17(12-13)27-19(21-16)22-18(24)14-5-7-15(8-6-14)23-10-11-26-20(23)25/h5-8,13H,2-4,9-12H2,1H3,(H,21,22,24). The Morgan fingerprint density at radius 1 is 1.37 bits per heavy atom. The fourth-order valence-corrected chi connectivity index (χ4v) is 4.86. The number of cyclic esters (lactones) is 1. The molecule has 1 saturated heterocycles. The lowest BCUT2D eigenvalue weighted by Gasteiger charge is -2.19. The number of thiazole rings is 1. The summed E-state index contributed by atoms with van der Waals surface area (Å²) in [7, 11) is 0. The Balaban J connectivity index is 1.41. The fraction of sp³-hybridized carbons (Fsp3) is 0.450. The molecule has 6 nitrogen and oxygen atoms in total. The van der Waals surface area contributed by atoms with Gasteiger partial charge in [-0.1, -0.05) is 19.8 Å². The molecule has 2 heterocycles. The van der Waals surface area contributed by atoms with Gasteiger partial charge in [0.05, 0.1) is 12.2 Å². The first-order valence-electron chi connectivity index (χ1n) is 9.48. The van der Waals surface area contributed by atoms with Crippen LogP contribution in [0.4, 0.5) is 15.6 Å². The molecule has 1 aliphatic carbocycles. The number of aromatic nitrogens is 1. The number of rotatable bonds is 5. The zero-order valence-electron chi connectivity index (χ0n) is 15.4. The molecule has 1 aromatic carbocycles. The third kappa shape index (κ3) is 3.83.